The van der Waals surface area contributed by atoms with Crippen molar-refractivity contribution in [2.45, 2.75) is 95.9 Å². The monoisotopic (exact) mass is 895 g/mol. The number of ketones is 2. The second-order valence-electron chi connectivity index (χ2n) is 16.9. The molecule has 1 aliphatic heterocycles. The third-order valence-corrected chi connectivity index (χ3v) is 15.2. The first-order valence-electron chi connectivity index (χ1n) is 20.0. The fraction of sp³-hybridized carbons (Fsp3) is 0.535. The lowest BCUT2D eigenvalue weighted by atomic mass is 9.46. The molecular formula is C43H50BrN3O11S. The molecule has 16 heteroatoms. The van der Waals surface area contributed by atoms with E-state index in [9.17, 15) is 44.1 Å². The van der Waals surface area contributed by atoms with E-state index in [4.69, 9.17) is 9.47 Å². The lowest BCUT2D eigenvalue weighted by Gasteiger charge is -2.59. The molecule has 59 heavy (non-hydrogen) atoms. The average molecular weight is 897 g/mol. The number of hydrogen-bond acceptors (Lipinski definition) is 11. The number of Topliss-reactive ketones (excluding diaryl/α,β-unsaturated/α-hetero) is 1. The highest BCUT2D eigenvalue weighted by atomic mass is 79.9. The van der Waals surface area contributed by atoms with Crippen LogP contribution >= 0.6 is 27.3 Å². The predicted molar refractivity (Wildman–Crippen MR) is 219 cm³/mol. The molecule has 2 aromatic rings. The Balaban J connectivity index is 1.06. The number of carboxylic acid groups (broad SMARTS) is 1. The van der Waals surface area contributed by atoms with Gasteiger partial charge in [0.2, 0.25) is 17.7 Å². The number of aryl methyl sites for hydroxylation is 1. The number of amides is 3. The molecule has 3 amide bonds. The summed E-state index contributed by atoms with van der Waals surface area (Å²) in [7, 11) is 0. The van der Waals surface area contributed by atoms with Gasteiger partial charge in [0.1, 0.15) is 12.6 Å². The van der Waals surface area contributed by atoms with Crippen molar-refractivity contribution in [3.05, 3.63) is 75.0 Å². The van der Waals surface area contributed by atoms with Crippen LogP contribution in [0.3, 0.4) is 0 Å². The summed E-state index contributed by atoms with van der Waals surface area (Å²) >= 11 is 4.47. The standard InChI is InChI=1S/C43H50BrN3O11S/c1-22-13-27(15-23-5-4-6-25(14-23)46-39(56)30(9-10-36(54)55)47-35(53)20-45-34(52)19-44)59-38(22)40-57-33-17-29-28-8-7-24-16-26(49)11-12-41(24,2)37(28)31(50)18-42(29,3)43(33,58-40)32(51)21-48/h4-6,11-14,16,28-31,33,37,40,48,50H,7-10,15,17-21H2,1-3H3,(H,45,52)(H,46,56)(H,47,53)(H,54,55)/t28-,29-,30-,31-,33+,37+,40+,41-,42-,43+/m0/s1. The fourth-order valence-corrected chi connectivity index (χ4v) is 12.3. The molecule has 1 aromatic heterocycles. The quantitative estimate of drug-likeness (QED) is 0.149. The van der Waals surface area contributed by atoms with Gasteiger partial charge < -0.3 is 40.7 Å². The number of aliphatic hydroxyl groups is 2. The number of aliphatic carboxylic acids is 1. The Morgan fingerprint density at radius 3 is 2.63 bits per heavy atom. The van der Waals surface area contributed by atoms with Crippen molar-refractivity contribution in [1.82, 2.24) is 10.6 Å². The van der Waals surface area contributed by atoms with Crippen LogP contribution in [0.4, 0.5) is 5.69 Å². The third-order valence-electron chi connectivity index (χ3n) is 13.5. The molecular weight excluding hydrogens is 846 g/mol. The van der Waals surface area contributed by atoms with Crippen molar-refractivity contribution in [1.29, 1.82) is 0 Å². The maximum Gasteiger partial charge on any atom is 0.303 e. The van der Waals surface area contributed by atoms with Crippen LogP contribution in [-0.2, 0) is 44.7 Å². The molecule has 0 unspecified atom stereocenters. The molecule has 14 nitrogen and oxygen atoms in total. The lowest BCUT2D eigenvalue weighted by molar-refractivity contribution is -0.200. The van der Waals surface area contributed by atoms with Crippen molar-refractivity contribution < 1.29 is 53.6 Å². The molecule has 0 spiro atoms. The number of allylic oxidation sites excluding steroid dienone is 4. The van der Waals surface area contributed by atoms with Gasteiger partial charge in [0.15, 0.2) is 23.5 Å². The summed E-state index contributed by atoms with van der Waals surface area (Å²) in [6.45, 7) is 4.96. The van der Waals surface area contributed by atoms with Gasteiger partial charge in [-0.3, -0.25) is 28.8 Å². The van der Waals surface area contributed by atoms with Gasteiger partial charge in [-0.2, -0.15) is 0 Å². The predicted octanol–water partition coefficient (Wildman–Crippen LogP) is 4.05. The molecule has 4 fully saturated rings. The number of fused-ring (bicyclic) bond motifs is 7. The Hall–Kier alpha value is -4.06. The number of carbonyl (C=O) groups excluding carboxylic acids is 5. The average Bonchev–Trinajstić information content (AvgIpc) is 3.83. The summed E-state index contributed by atoms with van der Waals surface area (Å²) in [5.74, 6) is -3.40. The number of ether oxygens (including phenoxy) is 2. The number of carbonyl (C=O) groups is 6. The van der Waals surface area contributed by atoms with E-state index in [0.29, 0.717) is 18.5 Å². The molecule has 7 rings (SSSR count). The second-order valence-corrected chi connectivity index (χ2v) is 18.7. The van der Waals surface area contributed by atoms with Gasteiger partial charge in [-0.15, -0.1) is 11.3 Å². The van der Waals surface area contributed by atoms with Crippen molar-refractivity contribution >= 4 is 68.2 Å². The molecule has 0 bridgehead atoms. The normalized spacial score (nSPS) is 32.2. The topological polar surface area (TPSA) is 218 Å². The molecule has 2 heterocycles. The van der Waals surface area contributed by atoms with Crippen LogP contribution in [0.5, 0.6) is 0 Å². The molecule has 1 saturated heterocycles. The summed E-state index contributed by atoms with van der Waals surface area (Å²) in [5.41, 5.74) is 0.473. The molecule has 1 aromatic carbocycles. The van der Waals surface area contributed by atoms with E-state index in [1.807, 2.05) is 32.1 Å². The van der Waals surface area contributed by atoms with Crippen molar-refractivity contribution in [3.8, 4) is 0 Å². The smallest absolute Gasteiger partial charge is 0.303 e. The Labute approximate surface area is 354 Å². The number of alkyl halides is 1. The van der Waals surface area contributed by atoms with Gasteiger partial charge in [0, 0.05) is 40.2 Å². The van der Waals surface area contributed by atoms with Crippen LogP contribution in [0, 0.1) is 35.5 Å². The summed E-state index contributed by atoms with van der Waals surface area (Å²) in [4.78, 5) is 76.6. The molecule has 0 radical (unpaired) electrons. The summed E-state index contributed by atoms with van der Waals surface area (Å²) < 4.78 is 13.6. The van der Waals surface area contributed by atoms with Crippen LogP contribution in [0.1, 0.15) is 79.5 Å². The van der Waals surface area contributed by atoms with E-state index in [2.05, 4.69) is 38.8 Å². The second kappa shape index (κ2) is 16.8. The maximum atomic E-state index is 14.0. The zero-order valence-corrected chi connectivity index (χ0v) is 35.5. The number of nitrogens with one attached hydrogen (secondary N) is 3. The molecule has 5 aliphatic rings. The lowest BCUT2D eigenvalue weighted by Crippen LogP contribution is -2.63. The van der Waals surface area contributed by atoms with Gasteiger partial charge in [0.05, 0.1) is 29.0 Å². The van der Waals surface area contributed by atoms with Crippen LogP contribution in [-0.4, -0.2) is 92.9 Å². The number of anilines is 1. The Bertz CT molecular complexity index is 2120. The summed E-state index contributed by atoms with van der Waals surface area (Å²) in [5, 5.41) is 39.3. The SMILES string of the molecule is Cc1cc(Cc2cccc(NC(=O)[C@H](CCC(=O)O)NC(=O)CNC(=O)CBr)c2)sc1[C@@H]1O[C@@H]2C[C@H]3[C@@H]4CCC5=CC(=O)C=C[C@]5(C)[C@H]4[C@@H](O)C[C@]3(C)[C@]2(C(=O)CO)O1. The summed E-state index contributed by atoms with van der Waals surface area (Å²) in [6.07, 6.45) is 5.24. The van der Waals surface area contributed by atoms with Crippen molar-refractivity contribution in [2.75, 3.05) is 23.8 Å². The van der Waals surface area contributed by atoms with Gasteiger partial charge in [-0.1, -0.05) is 53.6 Å². The highest BCUT2D eigenvalue weighted by molar-refractivity contribution is 9.09. The van der Waals surface area contributed by atoms with Gasteiger partial charge >= 0.3 is 5.97 Å². The van der Waals surface area contributed by atoms with E-state index in [1.54, 1.807) is 30.4 Å². The molecule has 4 aliphatic carbocycles. The fourth-order valence-electron chi connectivity index (χ4n) is 10.9. The van der Waals surface area contributed by atoms with Crippen LogP contribution in [0.25, 0.3) is 0 Å². The van der Waals surface area contributed by atoms with E-state index in [1.165, 1.54) is 11.3 Å². The number of hydrogen-bond donors (Lipinski definition) is 6. The Morgan fingerprint density at radius 2 is 1.90 bits per heavy atom. The molecule has 10 atom stereocenters. The van der Waals surface area contributed by atoms with Crippen molar-refractivity contribution in [2.24, 2.45) is 28.6 Å². The largest absolute Gasteiger partial charge is 0.481 e. The molecule has 3 saturated carbocycles. The summed E-state index contributed by atoms with van der Waals surface area (Å²) in [6, 6.07) is 8.00. The minimum Gasteiger partial charge on any atom is -0.481 e. The van der Waals surface area contributed by atoms with E-state index in [0.717, 1.165) is 39.3 Å². The Kier molecular flexibility index (Phi) is 12.2. The number of aliphatic hydroxyl groups excluding tert-OH is 2. The third kappa shape index (κ3) is 7.87. The van der Waals surface area contributed by atoms with Crippen LogP contribution in [0.2, 0.25) is 0 Å². The number of halogens is 1. The minimum atomic E-state index is -1.47. The first-order chi connectivity index (χ1) is 28.0. The zero-order valence-electron chi connectivity index (χ0n) is 33.1. The Morgan fingerprint density at radius 1 is 1.12 bits per heavy atom. The van der Waals surface area contributed by atoms with Gasteiger partial charge in [-0.05, 0) is 92.3 Å². The van der Waals surface area contributed by atoms with E-state index < -0.39 is 77.1 Å². The highest BCUT2D eigenvalue weighted by Crippen LogP contribution is 2.70. The highest BCUT2D eigenvalue weighted by Gasteiger charge is 2.76. The van der Waals surface area contributed by atoms with Crippen LogP contribution in [0.15, 0.2) is 54.1 Å². The zero-order chi connectivity index (χ0) is 42.4. The van der Waals surface area contributed by atoms with Crippen molar-refractivity contribution in [3.63, 3.8) is 0 Å². The number of benzene rings is 1. The van der Waals surface area contributed by atoms with Gasteiger partial charge in [0.25, 0.3) is 0 Å². The number of rotatable bonds is 14. The van der Waals surface area contributed by atoms with E-state index >= 15 is 0 Å². The first kappa shape index (κ1) is 43.0. The van der Waals surface area contributed by atoms with Crippen LogP contribution < -0.4 is 16.0 Å². The first-order valence-corrected chi connectivity index (χ1v) is 21.9. The van der Waals surface area contributed by atoms with Gasteiger partial charge in [-0.25, -0.2) is 0 Å². The minimum absolute atomic E-state index is 0.00307. The molecule has 6 N–H and O–H groups in total. The number of thiophene rings is 1. The van der Waals surface area contributed by atoms with E-state index in [-0.39, 0.29) is 54.7 Å². The maximum absolute atomic E-state index is 14.0. The molecule has 316 valence electrons. The number of carboxylic acids is 1.